The van der Waals surface area contributed by atoms with Gasteiger partial charge in [-0.25, -0.2) is 4.98 Å². The summed E-state index contributed by atoms with van der Waals surface area (Å²) in [7, 11) is 0. The number of thiazole rings is 1. The highest BCUT2D eigenvalue weighted by molar-refractivity contribution is 7.09. The minimum absolute atomic E-state index is 0.136. The smallest absolute Gasteiger partial charge is 0.327 e. The third-order valence-corrected chi connectivity index (χ3v) is 3.54. The molecule has 0 aliphatic carbocycles. The normalized spacial score (nSPS) is 21.6. The zero-order chi connectivity index (χ0) is 12.3. The van der Waals surface area contributed by atoms with E-state index < -0.39 is 12.0 Å². The fourth-order valence-electron chi connectivity index (χ4n) is 1.89. The van der Waals surface area contributed by atoms with Gasteiger partial charge in [0, 0.05) is 18.5 Å². The van der Waals surface area contributed by atoms with E-state index in [2.05, 4.69) is 10.3 Å². The SMILES string of the molecule is Cc1nc(C(NCC2CCCO2)C(=O)O)cs1. The Morgan fingerprint density at radius 3 is 3.18 bits per heavy atom. The number of nitrogens with zero attached hydrogens (tertiary/aromatic N) is 1. The summed E-state index contributed by atoms with van der Waals surface area (Å²) in [5.74, 6) is -0.895. The van der Waals surface area contributed by atoms with Crippen molar-refractivity contribution in [2.45, 2.75) is 31.9 Å². The van der Waals surface area contributed by atoms with Crippen LogP contribution in [0.5, 0.6) is 0 Å². The number of aromatic nitrogens is 1. The summed E-state index contributed by atoms with van der Waals surface area (Å²) in [6.45, 7) is 3.21. The number of carboxylic acids is 1. The molecule has 0 saturated carbocycles. The van der Waals surface area contributed by atoms with Crippen LogP contribution in [-0.4, -0.2) is 35.3 Å². The van der Waals surface area contributed by atoms with Crippen molar-refractivity contribution in [2.75, 3.05) is 13.2 Å². The number of ether oxygens (including phenoxy) is 1. The molecule has 2 heterocycles. The molecule has 1 aliphatic heterocycles. The van der Waals surface area contributed by atoms with Gasteiger partial charge in [0.2, 0.25) is 0 Å². The highest BCUT2D eigenvalue weighted by Crippen LogP contribution is 2.18. The summed E-state index contributed by atoms with van der Waals surface area (Å²) in [5, 5.41) is 14.8. The second kappa shape index (κ2) is 5.57. The van der Waals surface area contributed by atoms with Gasteiger partial charge in [-0.2, -0.15) is 0 Å². The molecule has 2 N–H and O–H groups in total. The maximum Gasteiger partial charge on any atom is 0.327 e. The molecule has 17 heavy (non-hydrogen) atoms. The first-order valence-corrected chi connectivity index (χ1v) is 6.54. The highest BCUT2D eigenvalue weighted by Gasteiger charge is 2.24. The maximum atomic E-state index is 11.2. The molecule has 2 atom stereocenters. The minimum Gasteiger partial charge on any atom is -0.480 e. The van der Waals surface area contributed by atoms with E-state index >= 15 is 0 Å². The summed E-state index contributed by atoms with van der Waals surface area (Å²) in [5.41, 5.74) is 0.581. The Hall–Kier alpha value is -0.980. The van der Waals surface area contributed by atoms with Gasteiger partial charge in [0.25, 0.3) is 0 Å². The van der Waals surface area contributed by atoms with Gasteiger partial charge in [-0.15, -0.1) is 11.3 Å². The Morgan fingerprint density at radius 1 is 1.82 bits per heavy atom. The van der Waals surface area contributed by atoms with Gasteiger partial charge < -0.3 is 9.84 Å². The Bertz CT molecular complexity index is 388. The minimum atomic E-state index is -0.895. The van der Waals surface area contributed by atoms with Crippen molar-refractivity contribution >= 4 is 17.3 Å². The van der Waals surface area contributed by atoms with Crippen LogP contribution in [0.4, 0.5) is 0 Å². The van der Waals surface area contributed by atoms with Gasteiger partial charge in [0.05, 0.1) is 16.8 Å². The van der Waals surface area contributed by atoms with E-state index in [0.29, 0.717) is 12.2 Å². The number of aryl methyl sites for hydroxylation is 1. The predicted octanol–water partition coefficient (Wildman–Crippen LogP) is 1.35. The average Bonchev–Trinajstić information content (AvgIpc) is 2.90. The number of carbonyl (C=O) groups is 1. The monoisotopic (exact) mass is 256 g/mol. The topological polar surface area (TPSA) is 71.5 Å². The Morgan fingerprint density at radius 2 is 2.65 bits per heavy atom. The van der Waals surface area contributed by atoms with Gasteiger partial charge in [-0.05, 0) is 19.8 Å². The van der Waals surface area contributed by atoms with Crippen molar-refractivity contribution in [3.8, 4) is 0 Å². The lowest BCUT2D eigenvalue weighted by Gasteiger charge is -2.15. The molecule has 0 aromatic carbocycles. The number of hydrogen-bond acceptors (Lipinski definition) is 5. The van der Waals surface area contributed by atoms with Crippen LogP contribution in [0.25, 0.3) is 0 Å². The molecule has 1 saturated heterocycles. The lowest BCUT2D eigenvalue weighted by molar-refractivity contribution is -0.139. The van der Waals surface area contributed by atoms with Crippen LogP contribution in [0.15, 0.2) is 5.38 Å². The Balaban J connectivity index is 1.95. The summed E-state index contributed by atoms with van der Waals surface area (Å²) < 4.78 is 5.45. The van der Waals surface area contributed by atoms with Gasteiger partial charge in [-0.3, -0.25) is 10.1 Å². The van der Waals surface area contributed by atoms with Crippen molar-refractivity contribution in [1.29, 1.82) is 0 Å². The number of carboxylic acid groups (broad SMARTS) is 1. The fourth-order valence-corrected chi connectivity index (χ4v) is 2.52. The van der Waals surface area contributed by atoms with E-state index in [9.17, 15) is 9.90 Å². The zero-order valence-electron chi connectivity index (χ0n) is 9.68. The molecule has 1 aromatic rings. The quantitative estimate of drug-likeness (QED) is 0.832. The number of nitrogens with one attached hydrogen (secondary N) is 1. The van der Waals surface area contributed by atoms with E-state index in [1.54, 1.807) is 5.38 Å². The molecule has 0 spiro atoms. The van der Waals surface area contributed by atoms with Gasteiger partial charge >= 0.3 is 5.97 Å². The lowest BCUT2D eigenvalue weighted by Crippen LogP contribution is -2.34. The maximum absolute atomic E-state index is 11.2. The second-order valence-electron chi connectivity index (χ2n) is 4.11. The van der Waals surface area contributed by atoms with Crippen LogP contribution in [0, 0.1) is 6.92 Å². The molecule has 94 valence electrons. The predicted molar refractivity (Wildman–Crippen MR) is 64.2 cm³/mol. The standard InChI is InChI=1S/C11H16N2O3S/c1-7-13-9(6-17-7)10(11(14)15)12-5-8-3-2-4-16-8/h6,8,10,12H,2-5H2,1H3,(H,14,15). The molecule has 1 aromatic heterocycles. The molecular weight excluding hydrogens is 240 g/mol. The van der Waals surface area contributed by atoms with E-state index in [0.717, 1.165) is 24.5 Å². The first-order valence-electron chi connectivity index (χ1n) is 5.66. The van der Waals surface area contributed by atoms with Crippen LogP contribution in [0.2, 0.25) is 0 Å². The fraction of sp³-hybridized carbons (Fsp3) is 0.636. The molecule has 0 amide bonds. The molecular formula is C11H16N2O3S. The van der Waals surface area contributed by atoms with Crippen molar-refractivity contribution in [1.82, 2.24) is 10.3 Å². The van der Waals surface area contributed by atoms with E-state index in [1.807, 2.05) is 6.92 Å². The van der Waals surface area contributed by atoms with Crippen LogP contribution in [0.3, 0.4) is 0 Å². The molecule has 1 aliphatic rings. The van der Waals surface area contributed by atoms with Crippen LogP contribution < -0.4 is 5.32 Å². The number of hydrogen-bond donors (Lipinski definition) is 2. The van der Waals surface area contributed by atoms with Crippen molar-refractivity contribution < 1.29 is 14.6 Å². The van der Waals surface area contributed by atoms with Crippen LogP contribution in [-0.2, 0) is 9.53 Å². The lowest BCUT2D eigenvalue weighted by atomic mass is 10.2. The molecule has 0 bridgehead atoms. The molecule has 1 fully saturated rings. The average molecular weight is 256 g/mol. The summed E-state index contributed by atoms with van der Waals surface area (Å²) in [6, 6.07) is -0.732. The molecule has 6 heteroatoms. The molecule has 2 rings (SSSR count). The number of aliphatic carboxylic acids is 1. The van der Waals surface area contributed by atoms with Crippen molar-refractivity contribution in [2.24, 2.45) is 0 Å². The summed E-state index contributed by atoms with van der Waals surface area (Å²) in [6.07, 6.45) is 2.19. The second-order valence-corrected chi connectivity index (χ2v) is 5.17. The van der Waals surface area contributed by atoms with E-state index in [4.69, 9.17) is 4.74 Å². The zero-order valence-corrected chi connectivity index (χ0v) is 10.5. The molecule has 5 nitrogen and oxygen atoms in total. The van der Waals surface area contributed by atoms with Crippen LogP contribution >= 0.6 is 11.3 Å². The van der Waals surface area contributed by atoms with Gasteiger partial charge in [0.1, 0.15) is 6.04 Å². The number of rotatable bonds is 5. The third-order valence-electron chi connectivity index (χ3n) is 2.75. The van der Waals surface area contributed by atoms with Crippen molar-refractivity contribution in [3.05, 3.63) is 16.1 Å². The van der Waals surface area contributed by atoms with Crippen LogP contribution in [0.1, 0.15) is 29.6 Å². The van der Waals surface area contributed by atoms with E-state index in [-0.39, 0.29) is 6.10 Å². The Kier molecular flexibility index (Phi) is 4.09. The summed E-state index contributed by atoms with van der Waals surface area (Å²) in [4.78, 5) is 15.4. The Labute approximate surface area is 104 Å². The highest BCUT2D eigenvalue weighted by atomic mass is 32.1. The summed E-state index contributed by atoms with van der Waals surface area (Å²) >= 11 is 1.46. The molecule has 0 radical (unpaired) electrons. The van der Waals surface area contributed by atoms with E-state index in [1.165, 1.54) is 11.3 Å². The first-order chi connectivity index (χ1) is 8.16. The van der Waals surface area contributed by atoms with Crippen molar-refractivity contribution in [3.63, 3.8) is 0 Å². The van der Waals surface area contributed by atoms with Gasteiger partial charge in [-0.1, -0.05) is 0 Å². The third kappa shape index (κ3) is 3.24. The van der Waals surface area contributed by atoms with Gasteiger partial charge in [0.15, 0.2) is 0 Å². The molecule has 2 unspecified atom stereocenters. The first kappa shape index (κ1) is 12.5. The largest absolute Gasteiger partial charge is 0.480 e.